The molecule has 1 aromatic rings. The molecule has 0 atom stereocenters. The molecule has 0 aliphatic carbocycles. The summed E-state index contributed by atoms with van der Waals surface area (Å²) in [5, 5.41) is 0. The summed E-state index contributed by atoms with van der Waals surface area (Å²) in [5.74, 6) is 0.961. The molecule has 0 saturated carbocycles. The van der Waals surface area contributed by atoms with E-state index in [1.165, 1.54) is 28.2 Å². The highest BCUT2D eigenvalue weighted by atomic mass is 79.9. The van der Waals surface area contributed by atoms with Gasteiger partial charge in [0, 0.05) is 24.5 Å². The first-order valence-electron chi connectivity index (χ1n) is 4.74. The van der Waals surface area contributed by atoms with Gasteiger partial charge in [0.25, 0.3) is 0 Å². The molecule has 13 heavy (non-hydrogen) atoms. The SMILES string of the molecule is CCC1CN(Cc2ccc(Br)s2)C1. The molecule has 72 valence electrons. The maximum absolute atomic E-state index is 3.49. The molecule has 1 fully saturated rings. The quantitative estimate of drug-likeness (QED) is 0.805. The van der Waals surface area contributed by atoms with Crippen molar-refractivity contribution >= 4 is 27.3 Å². The third-order valence-corrected chi connectivity index (χ3v) is 4.23. The topological polar surface area (TPSA) is 3.24 Å². The molecule has 0 spiro atoms. The predicted molar refractivity (Wildman–Crippen MR) is 61.1 cm³/mol. The summed E-state index contributed by atoms with van der Waals surface area (Å²) in [7, 11) is 0. The van der Waals surface area contributed by atoms with Gasteiger partial charge in [-0.15, -0.1) is 11.3 Å². The van der Waals surface area contributed by atoms with Crippen LogP contribution in [0.25, 0.3) is 0 Å². The molecule has 2 heterocycles. The summed E-state index contributed by atoms with van der Waals surface area (Å²) in [6, 6.07) is 4.35. The largest absolute Gasteiger partial charge is 0.298 e. The van der Waals surface area contributed by atoms with Crippen LogP contribution in [-0.4, -0.2) is 18.0 Å². The normalized spacial score (nSPS) is 18.9. The molecule has 1 nitrogen and oxygen atoms in total. The van der Waals surface area contributed by atoms with Crippen LogP contribution in [0, 0.1) is 5.92 Å². The average Bonchev–Trinajstić information content (AvgIpc) is 2.43. The summed E-state index contributed by atoms with van der Waals surface area (Å²) >= 11 is 5.34. The molecule has 0 aromatic carbocycles. The Labute approximate surface area is 91.9 Å². The third kappa shape index (κ3) is 2.33. The van der Waals surface area contributed by atoms with Gasteiger partial charge in [-0.05, 0) is 34.0 Å². The molecule has 1 aromatic heterocycles. The van der Waals surface area contributed by atoms with Gasteiger partial charge < -0.3 is 0 Å². The number of likely N-dealkylation sites (tertiary alicyclic amines) is 1. The van der Waals surface area contributed by atoms with Crippen LogP contribution in [0.1, 0.15) is 18.2 Å². The Morgan fingerprint density at radius 2 is 2.31 bits per heavy atom. The molecular formula is C10H14BrNS. The summed E-state index contributed by atoms with van der Waals surface area (Å²) < 4.78 is 1.25. The van der Waals surface area contributed by atoms with Crippen molar-refractivity contribution in [3.63, 3.8) is 0 Å². The molecule has 2 rings (SSSR count). The summed E-state index contributed by atoms with van der Waals surface area (Å²) in [6.45, 7) is 6.02. The van der Waals surface area contributed by atoms with E-state index >= 15 is 0 Å². The minimum absolute atomic E-state index is 0.961. The highest BCUT2D eigenvalue weighted by Gasteiger charge is 2.24. The van der Waals surface area contributed by atoms with Crippen molar-refractivity contribution in [3.8, 4) is 0 Å². The number of hydrogen-bond donors (Lipinski definition) is 0. The fourth-order valence-electron chi connectivity index (χ4n) is 1.72. The first kappa shape index (κ1) is 9.69. The Kier molecular flexibility index (Phi) is 3.06. The zero-order valence-electron chi connectivity index (χ0n) is 7.79. The van der Waals surface area contributed by atoms with Crippen LogP contribution < -0.4 is 0 Å². The maximum Gasteiger partial charge on any atom is 0.0701 e. The van der Waals surface area contributed by atoms with E-state index in [0.717, 1.165) is 12.5 Å². The monoisotopic (exact) mass is 259 g/mol. The van der Waals surface area contributed by atoms with Crippen LogP contribution in [0.5, 0.6) is 0 Å². The second kappa shape index (κ2) is 4.11. The fourth-order valence-corrected chi connectivity index (χ4v) is 3.25. The molecule has 0 unspecified atom stereocenters. The number of thiophene rings is 1. The summed E-state index contributed by atoms with van der Waals surface area (Å²) in [5.41, 5.74) is 0. The minimum atomic E-state index is 0.961. The zero-order valence-corrected chi connectivity index (χ0v) is 10.2. The van der Waals surface area contributed by atoms with E-state index in [2.05, 4.69) is 39.9 Å². The van der Waals surface area contributed by atoms with Crippen LogP contribution in [0.3, 0.4) is 0 Å². The highest BCUT2D eigenvalue weighted by Crippen LogP contribution is 2.26. The molecule has 0 N–H and O–H groups in total. The van der Waals surface area contributed by atoms with E-state index in [-0.39, 0.29) is 0 Å². The van der Waals surface area contributed by atoms with Crippen molar-refractivity contribution in [2.75, 3.05) is 13.1 Å². The van der Waals surface area contributed by atoms with Gasteiger partial charge in [-0.2, -0.15) is 0 Å². The standard InChI is InChI=1S/C10H14BrNS/c1-2-8-5-12(6-8)7-9-3-4-10(11)13-9/h3-4,8H,2,5-7H2,1H3. The number of rotatable bonds is 3. The lowest BCUT2D eigenvalue weighted by molar-refractivity contribution is 0.0910. The molecule has 3 heteroatoms. The van der Waals surface area contributed by atoms with E-state index in [0.29, 0.717) is 0 Å². The predicted octanol–water partition coefficient (Wildman–Crippen LogP) is 3.35. The second-order valence-electron chi connectivity index (χ2n) is 3.67. The van der Waals surface area contributed by atoms with Gasteiger partial charge in [-0.25, -0.2) is 0 Å². The number of nitrogens with zero attached hydrogens (tertiary/aromatic N) is 1. The summed E-state index contributed by atoms with van der Waals surface area (Å²) in [4.78, 5) is 3.99. The molecule has 1 saturated heterocycles. The van der Waals surface area contributed by atoms with Gasteiger partial charge in [0.05, 0.1) is 3.79 Å². The lowest BCUT2D eigenvalue weighted by Crippen LogP contribution is -2.45. The molecular weight excluding hydrogens is 246 g/mol. The first-order valence-corrected chi connectivity index (χ1v) is 6.35. The van der Waals surface area contributed by atoms with Crippen molar-refractivity contribution in [3.05, 3.63) is 20.8 Å². The van der Waals surface area contributed by atoms with Crippen LogP contribution in [0.4, 0.5) is 0 Å². The number of halogens is 1. The number of hydrogen-bond acceptors (Lipinski definition) is 2. The molecule has 0 bridgehead atoms. The van der Waals surface area contributed by atoms with Crippen LogP contribution >= 0.6 is 27.3 Å². The van der Waals surface area contributed by atoms with Gasteiger partial charge in [0.15, 0.2) is 0 Å². The Morgan fingerprint density at radius 3 is 2.85 bits per heavy atom. The lowest BCUT2D eigenvalue weighted by atomic mass is 9.97. The van der Waals surface area contributed by atoms with Gasteiger partial charge >= 0.3 is 0 Å². The van der Waals surface area contributed by atoms with Crippen molar-refractivity contribution < 1.29 is 0 Å². The second-order valence-corrected chi connectivity index (χ2v) is 6.22. The Bertz CT molecular complexity index is 278. The lowest BCUT2D eigenvalue weighted by Gasteiger charge is -2.38. The van der Waals surface area contributed by atoms with E-state index in [4.69, 9.17) is 0 Å². The van der Waals surface area contributed by atoms with Crippen molar-refractivity contribution in [1.29, 1.82) is 0 Å². The van der Waals surface area contributed by atoms with Crippen molar-refractivity contribution in [1.82, 2.24) is 4.90 Å². The van der Waals surface area contributed by atoms with Crippen LogP contribution in [0.15, 0.2) is 15.9 Å². The minimum Gasteiger partial charge on any atom is -0.298 e. The molecule has 0 amide bonds. The van der Waals surface area contributed by atoms with Crippen LogP contribution in [-0.2, 0) is 6.54 Å². The van der Waals surface area contributed by atoms with E-state index in [9.17, 15) is 0 Å². The first-order chi connectivity index (χ1) is 6.28. The van der Waals surface area contributed by atoms with Gasteiger partial charge in [-0.3, -0.25) is 4.90 Å². The van der Waals surface area contributed by atoms with Crippen molar-refractivity contribution in [2.45, 2.75) is 19.9 Å². The molecule has 1 aliphatic rings. The third-order valence-electron chi connectivity index (χ3n) is 2.62. The summed E-state index contributed by atoms with van der Waals surface area (Å²) in [6.07, 6.45) is 1.34. The van der Waals surface area contributed by atoms with Gasteiger partial charge in [-0.1, -0.05) is 13.3 Å². The maximum atomic E-state index is 3.49. The van der Waals surface area contributed by atoms with Gasteiger partial charge in [0.1, 0.15) is 0 Å². The molecule has 1 aliphatic heterocycles. The molecule has 0 radical (unpaired) electrons. The Balaban J connectivity index is 1.81. The van der Waals surface area contributed by atoms with E-state index < -0.39 is 0 Å². The Morgan fingerprint density at radius 1 is 1.54 bits per heavy atom. The average molecular weight is 260 g/mol. The van der Waals surface area contributed by atoms with E-state index in [1.807, 2.05) is 11.3 Å². The Hall–Kier alpha value is 0.140. The zero-order chi connectivity index (χ0) is 9.26. The van der Waals surface area contributed by atoms with E-state index in [1.54, 1.807) is 0 Å². The fraction of sp³-hybridized carbons (Fsp3) is 0.600. The van der Waals surface area contributed by atoms with Crippen molar-refractivity contribution in [2.24, 2.45) is 5.92 Å². The highest BCUT2D eigenvalue weighted by molar-refractivity contribution is 9.11. The smallest absolute Gasteiger partial charge is 0.0701 e. The van der Waals surface area contributed by atoms with Gasteiger partial charge in [0.2, 0.25) is 0 Å². The van der Waals surface area contributed by atoms with Crippen LogP contribution in [0.2, 0.25) is 0 Å².